The van der Waals surface area contributed by atoms with Gasteiger partial charge in [-0.1, -0.05) is 11.6 Å². The van der Waals surface area contributed by atoms with E-state index in [1.807, 2.05) is 0 Å². The molecule has 0 aromatic heterocycles. The van der Waals surface area contributed by atoms with Crippen LogP contribution in [0.1, 0.15) is 0 Å². The standard InChI is InChI=1S/C5H4Cl2N4/c6-5-4(8-2-9-5)1-11(7)3-10-5/h1-3H,(H,8,9). The molecule has 2 rings (SSSR count). The molecule has 0 amide bonds. The molecule has 0 radical (unpaired) electrons. The Balaban J connectivity index is 2.39. The van der Waals surface area contributed by atoms with E-state index in [1.165, 1.54) is 17.1 Å². The zero-order valence-electron chi connectivity index (χ0n) is 5.33. The predicted molar refractivity (Wildman–Crippen MR) is 44.5 cm³/mol. The van der Waals surface area contributed by atoms with Gasteiger partial charge < -0.3 is 5.32 Å². The molecular weight excluding hydrogens is 187 g/mol. The van der Waals surface area contributed by atoms with Crippen LogP contribution in [0.2, 0.25) is 0 Å². The number of rotatable bonds is 0. The first-order valence-electron chi connectivity index (χ1n) is 2.92. The largest absolute Gasteiger partial charge is 0.334 e. The molecule has 6 heteroatoms. The van der Waals surface area contributed by atoms with E-state index in [9.17, 15) is 0 Å². The maximum absolute atomic E-state index is 5.95. The maximum atomic E-state index is 5.95. The smallest absolute Gasteiger partial charge is 0.253 e. The van der Waals surface area contributed by atoms with E-state index in [0.717, 1.165) is 0 Å². The molecule has 2 aliphatic heterocycles. The Labute approximate surface area is 73.3 Å². The Morgan fingerprint density at radius 3 is 3.27 bits per heavy atom. The van der Waals surface area contributed by atoms with Gasteiger partial charge in [0.1, 0.15) is 12.0 Å². The molecule has 1 atom stereocenters. The lowest BCUT2D eigenvalue weighted by Crippen LogP contribution is -2.36. The fourth-order valence-corrected chi connectivity index (χ4v) is 1.18. The number of nitrogens with one attached hydrogen (secondary N) is 1. The summed E-state index contributed by atoms with van der Waals surface area (Å²) in [5.74, 6) is 0. The Morgan fingerprint density at radius 2 is 2.45 bits per heavy atom. The third-order valence-electron chi connectivity index (χ3n) is 1.39. The molecule has 0 aromatic rings. The average Bonchev–Trinajstić information content (AvgIpc) is 2.31. The lowest BCUT2D eigenvalue weighted by molar-refractivity contribution is 0.644. The molecular formula is C5H4Cl2N4. The van der Waals surface area contributed by atoms with Crippen molar-refractivity contribution in [3.8, 4) is 0 Å². The van der Waals surface area contributed by atoms with Gasteiger partial charge in [-0.2, -0.15) is 0 Å². The summed E-state index contributed by atoms with van der Waals surface area (Å²) < 4.78 is 1.28. The normalized spacial score (nSPS) is 33.3. The highest BCUT2D eigenvalue weighted by molar-refractivity contribution is 6.28. The molecule has 11 heavy (non-hydrogen) atoms. The van der Waals surface area contributed by atoms with Crippen LogP contribution in [0.5, 0.6) is 0 Å². The van der Waals surface area contributed by atoms with Gasteiger partial charge in [0, 0.05) is 11.8 Å². The second-order valence-corrected chi connectivity index (χ2v) is 3.07. The van der Waals surface area contributed by atoms with Crippen molar-refractivity contribution in [2.24, 2.45) is 9.98 Å². The van der Waals surface area contributed by atoms with Gasteiger partial charge in [0.15, 0.2) is 0 Å². The van der Waals surface area contributed by atoms with Crippen molar-refractivity contribution in [1.82, 2.24) is 9.74 Å². The molecule has 2 aliphatic rings. The molecule has 0 bridgehead atoms. The molecule has 0 fully saturated rings. The highest BCUT2D eigenvalue weighted by atomic mass is 35.5. The molecule has 2 heterocycles. The Hall–Kier alpha value is -0.740. The fourth-order valence-electron chi connectivity index (χ4n) is 0.854. The van der Waals surface area contributed by atoms with Gasteiger partial charge in [-0.15, -0.1) is 0 Å². The summed E-state index contributed by atoms with van der Waals surface area (Å²) in [5.41, 5.74) is 0.594. The number of alkyl halides is 1. The SMILES string of the molecule is ClN1C=NC2(Cl)NC=NC2=C1. The van der Waals surface area contributed by atoms with E-state index in [0.29, 0.717) is 5.70 Å². The molecule has 0 spiro atoms. The van der Waals surface area contributed by atoms with Gasteiger partial charge in [0.25, 0.3) is 5.12 Å². The zero-order chi connectivity index (χ0) is 7.90. The van der Waals surface area contributed by atoms with E-state index >= 15 is 0 Å². The van der Waals surface area contributed by atoms with Gasteiger partial charge in [0.05, 0.1) is 12.5 Å². The number of halogens is 2. The summed E-state index contributed by atoms with van der Waals surface area (Å²) in [6.07, 6.45) is 4.50. The summed E-state index contributed by atoms with van der Waals surface area (Å²) in [7, 11) is 0. The van der Waals surface area contributed by atoms with Crippen molar-refractivity contribution in [2.45, 2.75) is 5.12 Å². The monoisotopic (exact) mass is 190 g/mol. The van der Waals surface area contributed by atoms with Crippen LogP contribution in [0, 0.1) is 0 Å². The van der Waals surface area contributed by atoms with Crippen molar-refractivity contribution in [1.29, 1.82) is 0 Å². The minimum Gasteiger partial charge on any atom is -0.334 e. The van der Waals surface area contributed by atoms with Crippen LogP contribution in [0.25, 0.3) is 0 Å². The van der Waals surface area contributed by atoms with Crippen molar-refractivity contribution in [3.63, 3.8) is 0 Å². The second kappa shape index (κ2) is 2.12. The van der Waals surface area contributed by atoms with E-state index < -0.39 is 5.12 Å². The van der Waals surface area contributed by atoms with Crippen LogP contribution < -0.4 is 5.32 Å². The Bertz CT molecular complexity index is 272. The van der Waals surface area contributed by atoms with Crippen LogP contribution in [0.3, 0.4) is 0 Å². The Kier molecular flexibility index (Phi) is 1.34. The van der Waals surface area contributed by atoms with Crippen molar-refractivity contribution >= 4 is 36.1 Å². The van der Waals surface area contributed by atoms with Crippen LogP contribution in [-0.2, 0) is 0 Å². The fraction of sp³-hybridized carbons (Fsp3) is 0.200. The van der Waals surface area contributed by atoms with Gasteiger partial charge in [-0.05, 0) is 0 Å². The lowest BCUT2D eigenvalue weighted by Gasteiger charge is -2.22. The molecule has 0 saturated carbocycles. The zero-order valence-corrected chi connectivity index (χ0v) is 6.84. The van der Waals surface area contributed by atoms with E-state index in [2.05, 4.69) is 15.3 Å². The lowest BCUT2D eigenvalue weighted by atomic mass is 10.4. The molecule has 0 aromatic carbocycles. The third kappa shape index (κ3) is 0.985. The third-order valence-corrected chi connectivity index (χ3v) is 1.98. The summed E-state index contributed by atoms with van der Waals surface area (Å²) in [6, 6.07) is 0. The molecule has 58 valence electrons. The highest BCUT2D eigenvalue weighted by Gasteiger charge is 2.36. The van der Waals surface area contributed by atoms with Crippen LogP contribution in [0.15, 0.2) is 21.9 Å². The van der Waals surface area contributed by atoms with Gasteiger partial charge in [0.2, 0.25) is 0 Å². The number of fused-ring (bicyclic) bond motifs is 1. The van der Waals surface area contributed by atoms with E-state index in [4.69, 9.17) is 23.4 Å². The molecule has 0 aliphatic carbocycles. The topological polar surface area (TPSA) is 40.0 Å². The van der Waals surface area contributed by atoms with Crippen LogP contribution in [0.4, 0.5) is 0 Å². The molecule has 1 N–H and O–H groups in total. The van der Waals surface area contributed by atoms with Crippen LogP contribution in [-0.4, -0.2) is 22.2 Å². The number of hydrogen-bond donors (Lipinski definition) is 1. The minimum atomic E-state index is -0.925. The molecule has 0 saturated heterocycles. The van der Waals surface area contributed by atoms with Crippen molar-refractivity contribution < 1.29 is 0 Å². The van der Waals surface area contributed by atoms with E-state index in [1.54, 1.807) is 6.20 Å². The predicted octanol–water partition coefficient (Wildman–Crippen LogP) is 0.850. The van der Waals surface area contributed by atoms with Gasteiger partial charge in [-0.3, -0.25) is 0 Å². The summed E-state index contributed by atoms with van der Waals surface area (Å²) in [5, 5.41) is 1.85. The van der Waals surface area contributed by atoms with E-state index in [-0.39, 0.29) is 0 Å². The summed E-state index contributed by atoms with van der Waals surface area (Å²) in [6.45, 7) is 0. The number of nitrogens with zero attached hydrogens (tertiary/aromatic N) is 3. The average molecular weight is 191 g/mol. The highest BCUT2D eigenvalue weighted by Crippen LogP contribution is 2.30. The first-order chi connectivity index (χ1) is 5.21. The summed E-state index contributed by atoms with van der Waals surface area (Å²) >= 11 is 11.5. The van der Waals surface area contributed by atoms with Crippen molar-refractivity contribution in [2.75, 3.05) is 0 Å². The van der Waals surface area contributed by atoms with Crippen LogP contribution >= 0.6 is 23.4 Å². The second-order valence-electron chi connectivity index (χ2n) is 2.13. The molecule has 4 nitrogen and oxygen atoms in total. The summed E-state index contributed by atoms with van der Waals surface area (Å²) in [4.78, 5) is 7.87. The minimum absolute atomic E-state index is 0.594. The maximum Gasteiger partial charge on any atom is 0.253 e. The number of hydrogen-bond acceptors (Lipinski definition) is 4. The quantitative estimate of drug-likeness (QED) is 0.350. The number of aliphatic imine (C=N–C) groups is 2. The van der Waals surface area contributed by atoms with Crippen molar-refractivity contribution in [3.05, 3.63) is 11.9 Å². The molecule has 1 unspecified atom stereocenters. The van der Waals surface area contributed by atoms with Gasteiger partial charge in [-0.25, -0.2) is 14.4 Å². The van der Waals surface area contributed by atoms with Gasteiger partial charge >= 0.3 is 0 Å². The first-order valence-corrected chi connectivity index (χ1v) is 3.63. The first kappa shape index (κ1) is 6.94. The Morgan fingerprint density at radius 1 is 1.64 bits per heavy atom.